The number of rotatable bonds is 5. The van der Waals surface area contributed by atoms with Gasteiger partial charge in [-0.3, -0.25) is 4.79 Å². The number of nitriles is 1. The monoisotopic (exact) mass is 250 g/mol. The highest BCUT2D eigenvalue weighted by molar-refractivity contribution is 5.90. The topological polar surface area (TPSA) is 53.3 Å². The average Bonchev–Trinajstić information content (AvgIpc) is 2.38. The standard InChI is InChI=1S/C13H15FN2O2/c1-3-18-12-5-4-10(8-11(12)14)6-7-16(2)13(17)9-15/h4-5,8H,3,6-7H2,1-2H3. The van der Waals surface area contributed by atoms with E-state index in [1.165, 1.54) is 24.1 Å². The third-order valence-corrected chi connectivity index (χ3v) is 2.47. The summed E-state index contributed by atoms with van der Waals surface area (Å²) in [7, 11) is 1.54. The van der Waals surface area contributed by atoms with E-state index in [2.05, 4.69) is 0 Å². The highest BCUT2D eigenvalue weighted by Crippen LogP contribution is 2.18. The van der Waals surface area contributed by atoms with E-state index >= 15 is 0 Å². The molecule has 0 aliphatic carbocycles. The summed E-state index contributed by atoms with van der Waals surface area (Å²) in [5, 5.41) is 8.42. The summed E-state index contributed by atoms with van der Waals surface area (Å²) in [5.74, 6) is -0.785. The van der Waals surface area contributed by atoms with Gasteiger partial charge in [0.1, 0.15) is 0 Å². The fourth-order valence-electron chi connectivity index (χ4n) is 1.46. The normalized spacial score (nSPS) is 9.67. The Labute approximate surface area is 106 Å². The van der Waals surface area contributed by atoms with Crippen molar-refractivity contribution in [3.63, 3.8) is 0 Å². The first-order valence-corrected chi connectivity index (χ1v) is 5.65. The lowest BCUT2D eigenvalue weighted by Crippen LogP contribution is -2.27. The van der Waals surface area contributed by atoms with Crippen molar-refractivity contribution in [3.8, 4) is 11.8 Å². The van der Waals surface area contributed by atoms with Crippen LogP contribution in [-0.2, 0) is 11.2 Å². The van der Waals surface area contributed by atoms with Gasteiger partial charge in [-0.25, -0.2) is 4.39 Å². The lowest BCUT2D eigenvalue weighted by molar-refractivity contribution is -0.124. The molecule has 0 aliphatic rings. The number of carbonyl (C=O) groups is 1. The zero-order valence-corrected chi connectivity index (χ0v) is 10.4. The quantitative estimate of drug-likeness (QED) is 0.748. The van der Waals surface area contributed by atoms with Crippen molar-refractivity contribution in [2.24, 2.45) is 0 Å². The molecule has 18 heavy (non-hydrogen) atoms. The van der Waals surface area contributed by atoms with Gasteiger partial charge in [0, 0.05) is 13.6 Å². The van der Waals surface area contributed by atoms with Gasteiger partial charge in [-0.05, 0) is 31.0 Å². The zero-order chi connectivity index (χ0) is 13.5. The van der Waals surface area contributed by atoms with E-state index in [1.807, 2.05) is 0 Å². The molecule has 0 aliphatic heterocycles. The van der Waals surface area contributed by atoms with Crippen LogP contribution in [0.3, 0.4) is 0 Å². The Morgan fingerprint density at radius 1 is 1.56 bits per heavy atom. The summed E-state index contributed by atoms with van der Waals surface area (Å²) >= 11 is 0. The molecule has 0 fully saturated rings. The molecule has 0 saturated heterocycles. The second kappa shape index (κ2) is 6.60. The molecule has 0 aromatic heterocycles. The summed E-state index contributed by atoms with van der Waals surface area (Å²) < 4.78 is 18.6. The Bertz CT molecular complexity index is 469. The summed E-state index contributed by atoms with van der Waals surface area (Å²) in [6, 6.07) is 6.23. The van der Waals surface area contributed by atoms with Crippen molar-refractivity contribution < 1.29 is 13.9 Å². The Hall–Kier alpha value is -2.09. The number of halogens is 1. The molecule has 1 aromatic rings. The van der Waals surface area contributed by atoms with E-state index in [9.17, 15) is 9.18 Å². The number of nitrogens with zero attached hydrogens (tertiary/aromatic N) is 2. The van der Waals surface area contributed by atoms with Crippen LogP contribution in [0.25, 0.3) is 0 Å². The van der Waals surface area contributed by atoms with Crippen LogP contribution in [0.2, 0.25) is 0 Å². The minimum atomic E-state index is -0.596. The summed E-state index contributed by atoms with van der Waals surface area (Å²) in [6.45, 7) is 2.57. The maximum atomic E-state index is 13.5. The van der Waals surface area contributed by atoms with Gasteiger partial charge in [-0.1, -0.05) is 6.07 Å². The molecule has 0 atom stereocenters. The molecule has 5 heteroatoms. The Morgan fingerprint density at radius 3 is 2.83 bits per heavy atom. The van der Waals surface area contributed by atoms with Crippen LogP contribution in [0.4, 0.5) is 4.39 Å². The molecular weight excluding hydrogens is 235 g/mol. The molecular formula is C13H15FN2O2. The van der Waals surface area contributed by atoms with E-state index in [-0.39, 0.29) is 5.75 Å². The van der Waals surface area contributed by atoms with Crippen molar-refractivity contribution in [1.29, 1.82) is 5.26 Å². The third kappa shape index (κ3) is 3.74. The fraction of sp³-hybridized carbons (Fsp3) is 0.385. The van der Waals surface area contributed by atoms with Crippen LogP contribution in [0.5, 0.6) is 5.75 Å². The van der Waals surface area contributed by atoms with Crippen molar-refractivity contribution >= 4 is 5.91 Å². The van der Waals surface area contributed by atoms with Crippen LogP contribution in [0.1, 0.15) is 12.5 Å². The van der Waals surface area contributed by atoms with Crippen LogP contribution in [-0.4, -0.2) is 31.0 Å². The Morgan fingerprint density at radius 2 is 2.28 bits per heavy atom. The second-order valence-electron chi connectivity index (χ2n) is 3.79. The van der Waals surface area contributed by atoms with Crippen LogP contribution in [0, 0.1) is 17.1 Å². The average molecular weight is 250 g/mol. The SMILES string of the molecule is CCOc1ccc(CCN(C)C(=O)C#N)cc1F. The first-order valence-electron chi connectivity index (χ1n) is 5.65. The number of likely N-dealkylation sites (N-methyl/N-ethyl adjacent to an activating group) is 1. The molecule has 1 rings (SSSR count). The van der Waals surface area contributed by atoms with E-state index in [0.29, 0.717) is 19.6 Å². The lowest BCUT2D eigenvalue weighted by Gasteiger charge is -2.13. The van der Waals surface area contributed by atoms with Crippen LogP contribution >= 0.6 is 0 Å². The largest absolute Gasteiger partial charge is 0.491 e. The van der Waals surface area contributed by atoms with Gasteiger partial charge in [0.2, 0.25) is 0 Å². The van der Waals surface area contributed by atoms with E-state index in [1.54, 1.807) is 19.1 Å². The molecule has 0 radical (unpaired) electrons. The van der Waals surface area contributed by atoms with Crippen LogP contribution < -0.4 is 4.74 Å². The minimum absolute atomic E-state index is 0.225. The van der Waals surface area contributed by atoms with E-state index in [4.69, 9.17) is 10.00 Å². The number of hydrogen-bond donors (Lipinski definition) is 0. The number of hydrogen-bond acceptors (Lipinski definition) is 3. The van der Waals surface area contributed by atoms with Crippen molar-refractivity contribution in [3.05, 3.63) is 29.6 Å². The van der Waals surface area contributed by atoms with Gasteiger partial charge < -0.3 is 9.64 Å². The van der Waals surface area contributed by atoms with Crippen molar-refractivity contribution in [1.82, 2.24) is 4.90 Å². The molecule has 0 unspecified atom stereocenters. The first kappa shape index (κ1) is 14.0. The lowest BCUT2D eigenvalue weighted by atomic mass is 10.1. The molecule has 0 heterocycles. The summed E-state index contributed by atoms with van der Waals surface area (Å²) in [4.78, 5) is 12.3. The number of ether oxygens (including phenoxy) is 1. The molecule has 1 aromatic carbocycles. The molecule has 1 amide bonds. The Balaban J connectivity index is 2.61. The first-order chi connectivity index (χ1) is 8.58. The van der Waals surface area contributed by atoms with Gasteiger partial charge in [0.25, 0.3) is 0 Å². The zero-order valence-electron chi connectivity index (χ0n) is 10.4. The molecule has 0 spiro atoms. The number of benzene rings is 1. The molecule has 0 bridgehead atoms. The predicted octanol–water partition coefficient (Wildman–Crippen LogP) is 1.75. The summed E-state index contributed by atoms with van der Waals surface area (Å²) in [5.41, 5.74) is 0.758. The van der Waals surface area contributed by atoms with Crippen LogP contribution in [0.15, 0.2) is 18.2 Å². The van der Waals surface area contributed by atoms with Crippen molar-refractivity contribution in [2.45, 2.75) is 13.3 Å². The summed E-state index contributed by atoms with van der Waals surface area (Å²) in [6.07, 6.45) is 0.493. The number of carbonyl (C=O) groups excluding carboxylic acids is 1. The van der Waals surface area contributed by atoms with Gasteiger partial charge >= 0.3 is 5.91 Å². The molecule has 96 valence electrons. The molecule has 0 N–H and O–H groups in total. The maximum Gasteiger partial charge on any atom is 0.324 e. The number of amides is 1. The van der Waals surface area contributed by atoms with E-state index < -0.39 is 11.7 Å². The maximum absolute atomic E-state index is 13.5. The highest BCUT2D eigenvalue weighted by Gasteiger charge is 2.08. The van der Waals surface area contributed by atoms with Crippen molar-refractivity contribution in [2.75, 3.05) is 20.2 Å². The van der Waals surface area contributed by atoms with E-state index in [0.717, 1.165) is 5.56 Å². The van der Waals surface area contributed by atoms with Gasteiger partial charge in [-0.2, -0.15) is 5.26 Å². The van der Waals surface area contributed by atoms with Gasteiger partial charge in [0.15, 0.2) is 17.6 Å². The van der Waals surface area contributed by atoms with Gasteiger partial charge in [0.05, 0.1) is 6.61 Å². The Kier molecular flexibility index (Phi) is 5.12. The predicted molar refractivity (Wildman–Crippen MR) is 64.5 cm³/mol. The minimum Gasteiger partial charge on any atom is -0.491 e. The highest BCUT2D eigenvalue weighted by atomic mass is 19.1. The second-order valence-corrected chi connectivity index (χ2v) is 3.79. The molecule has 0 saturated carbocycles. The van der Waals surface area contributed by atoms with Gasteiger partial charge in [-0.15, -0.1) is 0 Å². The smallest absolute Gasteiger partial charge is 0.324 e. The third-order valence-electron chi connectivity index (χ3n) is 2.47. The fourth-order valence-corrected chi connectivity index (χ4v) is 1.46. The molecule has 4 nitrogen and oxygen atoms in total.